The van der Waals surface area contributed by atoms with Crippen LogP contribution in [0.3, 0.4) is 0 Å². The van der Waals surface area contributed by atoms with E-state index in [0.717, 1.165) is 17.0 Å². The number of phenols is 1. The fraction of sp³-hybridized carbons (Fsp3) is 0.273. The molecule has 0 aromatic heterocycles. The van der Waals surface area contributed by atoms with Gasteiger partial charge in [0.25, 0.3) is 0 Å². The van der Waals surface area contributed by atoms with Gasteiger partial charge in [-0.3, -0.25) is 9.69 Å². The van der Waals surface area contributed by atoms with Gasteiger partial charge in [-0.05, 0) is 45.8 Å². The van der Waals surface area contributed by atoms with Crippen LogP contribution < -0.4 is 14.4 Å². The van der Waals surface area contributed by atoms with Crippen LogP contribution in [-0.4, -0.2) is 42.7 Å². The molecule has 1 fully saturated rings. The molecule has 1 atom stereocenters. The summed E-state index contributed by atoms with van der Waals surface area (Å²) in [7, 11) is 3.09. The maximum Gasteiger partial charge on any atom is 0.229 e. The molecule has 31 heavy (non-hydrogen) atoms. The molecule has 160 valence electrons. The van der Waals surface area contributed by atoms with Crippen LogP contribution in [0.5, 0.6) is 17.2 Å². The summed E-state index contributed by atoms with van der Waals surface area (Å²) in [4.78, 5) is 16.9. The van der Waals surface area contributed by atoms with Crippen LogP contribution in [0.15, 0.2) is 51.5 Å². The fourth-order valence-electron chi connectivity index (χ4n) is 3.84. The Morgan fingerprint density at radius 2 is 1.97 bits per heavy atom. The molecular formula is C22H20BrN3O4S. The molecule has 0 spiro atoms. The van der Waals surface area contributed by atoms with E-state index in [9.17, 15) is 15.2 Å². The van der Waals surface area contributed by atoms with Crippen molar-refractivity contribution in [1.82, 2.24) is 4.90 Å². The maximum atomic E-state index is 13.1. The van der Waals surface area contributed by atoms with E-state index < -0.39 is 5.92 Å². The second-order valence-electron chi connectivity index (χ2n) is 7.09. The van der Waals surface area contributed by atoms with Gasteiger partial charge in [0.2, 0.25) is 5.91 Å². The second kappa shape index (κ2) is 8.73. The largest absolute Gasteiger partial charge is 0.503 e. The summed E-state index contributed by atoms with van der Waals surface area (Å²) in [5.41, 5.74) is 2.19. The molecule has 2 aromatic carbocycles. The number of allylic oxidation sites excluding steroid dienone is 1. The van der Waals surface area contributed by atoms with E-state index in [2.05, 4.69) is 26.9 Å². The number of amides is 1. The SMILES string of the molecule is COc1ccccc1N1CSC2=C(C#N)[C@H](c3cc(Br)c(O)c(OC)c3)CC(=O)N2C1. The molecule has 0 aliphatic carbocycles. The number of methoxy groups -OCH3 is 2. The van der Waals surface area contributed by atoms with Crippen molar-refractivity contribution < 1.29 is 19.4 Å². The van der Waals surface area contributed by atoms with Crippen LogP contribution >= 0.6 is 27.7 Å². The summed E-state index contributed by atoms with van der Waals surface area (Å²) in [5.74, 6) is 1.13. The smallest absolute Gasteiger partial charge is 0.229 e. The molecule has 4 rings (SSSR count). The number of halogens is 1. The highest BCUT2D eigenvalue weighted by molar-refractivity contribution is 9.10. The van der Waals surface area contributed by atoms with Gasteiger partial charge in [0.1, 0.15) is 5.75 Å². The Balaban J connectivity index is 1.70. The zero-order chi connectivity index (χ0) is 22.1. The van der Waals surface area contributed by atoms with E-state index in [-0.39, 0.29) is 18.1 Å². The zero-order valence-corrected chi connectivity index (χ0v) is 19.4. The topological polar surface area (TPSA) is 86.0 Å². The van der Waals surface area contributed by atoms with Gasteiger partial charge >= 0.3 is 0 Å². The lowest BCUT2D eigenvalue weighted by Crippen LogP contribution is -2.47. The number of thioether (sulfide) groups is 1. The molecule has 2 aliphatic rings. The lowest BCUT2D eigenvalue weighted by molar-refractivity contribution is -0.129. The highest BCUT2D eigenvalue weighted by Crippen LogP contribution is 2.46. The monoisotopic (exact) mass is 501 g/mol. The molecular weight excluding hydrogens is 482 g/mol. The first-order valence-electron chi connectivity index (χ1n) is 9.50. The highest BCUT2D eigenvalue weighted by atomic mass is 79.9. The number of aromatic hydroxyl groups is 1. The molecule has 1 saturated heterocycles. The first-order chi connectivity index (χ1) is 15.0. The minimum Gasteiger partial charge on any atom is -0.503 e. The average Bonchev–Trinajstić information content (AvgIpc) is 2.80. The Morgan fingerprint density at radius 3 is 2.68 bits per heavy atom. The van der Waals surface area contributed by atoms with Crippen molar-refractivity contribution in [2.24, 2.45) is 0 Å². The van der Waals surface area contributed by atoms with Crippen LogP contribution in [0, 0.1) is 11.3 Å². The maximum absolute atomic E-state index is 13.1. The fourth-order valence-corrected chi connectivity index (χ4v) is 5.46. The molecule has 0 unspecified atom stereocenters. The number of phenolic OH excluding ortho intramolecular Hbond substituents is 1. The van der Waals surface area contributed by atoms with Gasteiger partial charge in [0, 0.05) is 12.3 Å². The number of anilines is 1. The van der Waals surface area contributed by atoms with Crippen molar-refractivity contribution in [3.05, 3.63) is 57.0 Å². The molecule has 2 heterocycles. The number of carbonyl (C=O) groups excluding carboxylic acids is 1. The molecule has 2 aliphatic heterocycles. The van der Waals surface area contributed by atoms with E-state index in [0.29, 0.717) is 33.4 Å². The van der Waals surface area contributed by atoms with Gasteiger partial charge < -0.3 is 19.5 Å². The number of nitriles is 1. The van der Waals surface area contributed by atoms with Crippen molar-refractivity contribution in [1.29, 1.82) is 5.26 Å². The third-order valence-electron chi connectivity index (χ3n) is 5.39. The summed E-state index contributed by atoms with van der Waals surface area (Å²) >= 11 is 4.79. The normalized spacial score (nSPS) is 18.5. The van der Waals surface area contributed by atoms with Gasteiger partial charge in [-0.1, -0.05) is 23.9 Å². The Labute approximate surface area is 193 Å². The lowest BCUT2D eigenvalue weighted by Gasteiger charge is -2.42. The lowest BCUT2D eigenvalue weighted by atomic mass is 9.86. The van der Waals surface area contributed by atoms with Crippen LogP contribution in [0.2, 0.25) is 0 Å². The standard InChI is InChI=1S/C22H20BrN3O4S/c1-29-18-6-4-3-5-17(18)25-11-26-20(27)9-14(15(10-24)22(26)31-12-25)13-7-16(23)21(28)19(8-13)30-2/h3-8,14,28H,9,11-12H2,1-2H3/t14-/m0/s1. The molecule has 2 aromatic rings. The number of nitrogens with zero attached hydrogens (tertiary/aromatic N) is 3. The number of para-hydroxylation sites is 2. The van der Waals surface area contributed by atoms with Gasteiger partial charge in [-0.15, -0.1) is 0 Å². The summed E-state index contributed by atoms with van der Waals surface area (Å²) < 4.78 is 11.2. The van der Waals surface area contributed by atoms with E-state index in [4.69, 9.17) is 9.47 Å². The predicted molar refractivity (Wildman–Crippen MR) is 122 cm³/mol. The van der Waals surface area contributed by atoms with Crippen molar-refractivity contribution in [2.45, 2.75) is 12.3 Å². The van der Waals surface area contributed by atoms with E-state index in [1.165, 1.54) is 18.9 Å². The summed E-state index contributed by atoms with van der Waals surface area (Å²) in [6, 6.07) is 13.4. The average molecular weight is 502 g/mol. The number of rotatable bonds is 4. The second-order valence-corrected chi connectivity index (χ2v) is 8.88. The van der Waals surface area contributed by atoms with Crippen molar-refractivity contribution >= 4 is 39.3 Å². The first kappa shape index (κ1) is 21.4. The Bertz CT molecular complexity index is 1110. The van der Waals surface area contributed by atoms with Gasteiger partial charge in [0.05, 0.1) is 53.6 Å². The van der Waals surface area contributed by atoms with Gasteiger partial charge in [-0.25, -0.2) is 0 Å². The summed E-state index contributed by atoms with van der Waals surface area (Å²) in [5, 5.41) is 20.8. The van der Waals surface area contributed by atoms with Crippen LogP contribution in [0.25, 0.3) is 0 Å². The van der Waals surface area contributed by atoms with Crippen molar-refractivity contribution in [2.75, 3.05) is 31.7 Å². The number of carbonyl (C=O) groups is 1. The molecule has 1 amide bonds. The van der Waals surface area contributed by atoms with Gasteiger partial charge in [0.15, 0.2) is 11.5 Å². The van der Waals surface area contributed by atoms with Crippen LogP contribution in [0.4, 0.5) is 5.69 Å². The number of fused-ring (bicyclic) bond motifs is 1. The molecule has 9 heteroatoms. The van der Waals surface area contributed by atoms with Gasteiger partial charge in [-0.2, -0.15) is 5.26 Å². The van der Waals surface area contributed by atoms with E-state index in [1.54, 1.807) is 24.1 Å². The number of ether oxygens (including phenoxy) is 2. The number of hydrogen-bond acceptors (Lipinski definition) is 7. The Kier molecular flexibility index (Phi) is 6.03. The molecule has 0 bridgehead atoms. The third kappa shape index (κ3) is 3.82. The quantitative estimate of drug-likeness (QED) is 0.664. The molecule has 1 N–H and O–H groups in total. The minimum absolute atomic E-state index is 0.0133. The molecule has 0 radical (unpaired) electrons. The van der Waals surface area contributed by atoms with E-state index in [1.807, 2.05) is 24.3 Å². The molecule has 0 saturated carbocycles. The predicted octanol–water partition coefficient (Wildman–Crippen LogP) is 4.39. The van der Waals surface area contributed by atoms with Crippen molar-refractivity contribution in [3.8, 4) is 23.3 Å². The Hall–Kier alpha value is -2.83. The zero-order valence-electron chi connectivity index (χ0n) is 17.0. The molecule has 7 nitrogen and oxygen atoms in total. The minimum atomic E-state index is -0.403. The third-order valence-corrected chi connectivity index (χ3v) is 7.15. The van der Waals surface area contributed by atoms with E-state index >= 15 is 0 Å². The summed E-state index contributed by atoms with van der Waals surface area (Å²) in [6.45, 7) is 0.349. The Morgan fingerprint density at radius 1 is 1.23 bits per heavy atom. The van der Waals surface area contributed by atoms with Crippen molar-refractivity contribution in [3.63, 3.8) is 0 Å². The summed E-state index contributed by atoms with van der Waals surface area (Å²) in [6.07, 6.45) is 0.160. The number of hydrogen-bond donors (Lipinski definition) is 1. The highest BCUT2D eigenvalue weighted by Gasteiger charge is 2.39. The van der Waals surface area contributed by atoms with Crippen LogP contribution in [0.1, 0.15) is 17.9 Å². The number of benzene rings is 2. The first-order valence-corrected chi connectivity index (χ1v) is 11.3. The van der Waals surface area contributed by atoms with Crippen LogP contribution in [-0.2, 0) is 4.79 Å².